The standard InChI is InChI=1S/C58H37N3/c1-4-14-36(15-5-1)39-24-26-40(27-25-39)57-46-22-12-13-23-51(46)59-58(60-57)61-52-31-29-42(38-18-8-3-9-19-38)33-50(52)55-53(61)35-49-45-30-28-41(37-16-6-2-7-17-37)32-47(45)48-34-43-20-10-11-21-44(43)56(55)54(48)49/h1-33,35,48H,34H2. The van der Waals surface area contributed by atoms with E-state index in [9.17, 15) is 0 Å². The molecule has 2 aromatic heterocycles. The van der Waals surface area contributed by atoms with Gasteiger partial charge >= 0.3 is 0 Å². The quantitative estimate of drug-likeness (QED) is 0.174. The Morgan fingerprint density at radius 2 is 1.00 bits per heavy atom. The van der Waals surface area contributed by atoms with Crippen LogP contribution in [-0.2, 0) is 6.42 Å². The van der Waals surface area contributed by atoms with Gasteiger partial charge in [-0.25, -0.2) is 9.97 Å². The number of fused-ring (bicyclic) bond motifs is 10. The summed E-state index contributed by atoms with van der Waals surface area (Å²) in [5, 5.41) is 3.49. The molecule has 284 valence electrons. The summed E-state index contributed by atoms with van der Waals surface area (Å²) >= 11 is 0. The molecule has 2 aliphatic carbocycles. The van der Waals surface area contributed by atoms with Gasteiger partial charge in [-0.1, -0.05) is 176 Å². The number of hydrogen-bond acceptors (Lipinski definition) is 2. The molecule has 3 heteroatoms. The fourth-order valence-electron chi connectivity index (χ4n) is 10.4. The van der Waals surface area contributed by atoms with E-state index in [1.807, 2.05) is 0 Å². The predicted octanol–water partition coefficient (Wildman–Crippen LogP) is 14.7. The van der Waals surface area contributed by atoms with Crippen molar-refractivity contribution in [3.63, 3.8) is 0 Å². The molecule has 0 amide bonds. The third-order valence-corrected chi connectivity index (χ3v) is 13.1. The van der Waals surface area contributed by atoms with Gasteiger partial charge in [-0.3, -0.25) is 4.57 Å². The van der Waals surface area contributed by atoms with Crippen LogP contribution in [0.5, 0.6) is 0 Å². The molecule has 61 heavy (non-hydrogen) atoms. The van der Waals surface area contributed by atoms with Crippen molar-refractivity contribution in [2.24, 2.45) is 0 Å². The third-order valence-electron chi connectivity index (χ3n) is 13.1. The minimum Gasteiger partial charge on any atom is -0.278 e. The van der Waals surface area contributed by atoms with Crippen molar-refractivity contribution < 1.29 is 0 Å². The molecule has 11 aromatic rings. The first-order chi connectivity index (χ1) is 30.2. The van der Waals surface area contributed by atoms with Crippen LogP contribution in [0.15, 0.2) is 206 Å². The third kappa shape index (κ3) is 5.24. The van der Waals surface area contributed by atoms with Crippen molar-refractivity contribution in [2.45, 2.75) is 12.3 Å². The average molecular weight is 776 g/mol. The van der Waals surface area contributed by atoms with Crippen LogP contribution in [0.4, 0.5) is 0 Å². The van der Waals surface area contributed by atoms with Crippen molar-refractivity contribution in [1.82, 2.24) is 14.5 Å². The van der Waals surface area contributed by atoms with E-state index in [0.717, 1.165) is 39.6 Å². The van der Waals surface area contributed by atoms with Gasteiger partial charge in [0.15, 0.2) is 0 Å². The molecule has 13 rings (SSSR count). The van der Waals surface area contributed by atoms with Crippen molar-refractivity contribution in [3.05, 3.63) is 223 Å². The Kier molecular flexibility index (Phi) is 7.43. The molecule has 9 aromatic carbocycles. The molecule has 0 spiro atoms. The highest BCUT2D eigenvalue weighted by molar-refractivity contribution is 6.20. The van der Waals surface area contributed by atoms with Crippen LogP contribution in [0.25, 0.3) is 106 Å². The zero-order valence-electron chi connectivity index (χ0n) is 33.3. The highest BCUT2D eigenvalue weighted by atomic mass is 15.2. The average Bonchev–Trinajstić information content (AvgIpc) is 3.83. The van der Waals surface area contributed by atoms with Crippen LogP contribution in [0.3, 0.4) is 0 Å². The first kappa shape index (κ1) is 34.0. The summed E-state index contributed by atoms with van der Waals surface area (Å²) in [4.78, 5) is 11.0. The molecule has 2 heterocycles. The lowest BCUT2D eigenvalue weighted by atomic mass is 9.76. The molecule has 0 aliphatic heterocycles. The molecule has 0 saturated heterocycles. The summed E-state index contributed by atoms with van der Waals surface area (Å²) in [6.45, 7) is 0. The minimum absolute atomic E-state index is 0.251. The van der Waals surface area contributed by atoms with Crippen LogP contribution in [0.2, 0.25) is 0 Å². The topological polar surface area (TPSA) is 30.7 Å². The van der Waals surface area contributed by atoms with E-state index in [1.54, 1.807) is 0 Å². The van der Waals surface area contributed by atoms with Crippen molar-refractivity contribution >= 4 is 32.7 Å². The Labute approximate surface area is 353 Å². The Morgan fingerprint density at radius 3 is 1.75 bits per heavy atom. The number of benzene rings is 9. The normalized spacial score (nSPS) is 13.7. The zero-order chi connectivity index (χ0) is 40.0. The molecule has 0 saturated carbocycles. The highest BCUT2D eigenvalue weighted by Gasteiger charge is 2.38. The van der Waals surface area contributed by atoms with Crippen molar-refractivity contribution in [2.75, 3.05) is 0 Å². The summed E-state index contributed by atoms with van der Waals surface area (Å²) in [7, 11) is 0. The van der Waals surface area contributed by atoms with Gasteiger partial charge in [-0.05, 0) is 109 Å². The van der Waals surface area contributed by atoms with Crippen LogP contribution in [0.1, 0.15) is 22.6 Å². The van der Waals surface area contributed by atoms with Gasteiger partial charge in [0.25, 0.3) is 0 Å². The first-order valence-corrected chi connectivity index (χ1v) is 21.2. The Balaban J connectivity index is 1.11. The van der Waals surface area contributed by atoms with Crippen molar-refractivity contribution in [3.8, 4) is 72.8 Å². The number of nitrogens with zero attached hydrogens (tertiary/aromatic N) is 3. The molecule has 2 aliphatic rings. The van der Waals surface area contributed by atoms with Crippen molar-refractivity contribution in [1.29, 1.82) is 0 Å². The van der Waals surface area contributed by atoms with Crippen LogP contribution >= 0.6 is 0 Å². The summed E-state index contributed by atoms with van der Waals surface area (Å²) in [5.41, 5.74) is 21.9. The second-order valence-electron chi connectivity index (χ2n) is 16.5. The Morgan fingerprint density at radius 1 is 0.410 bits per heavy atom. The Hall–Kier alpha value is -7.88. The summed E-state index contributed by atoms with van der Waals surface area (Å²) in [5.74, 6) is 0.916. The summed E-state index contributed by atoms with van der Waals surface area (Å²) < 4.78 is 2.34. The number of rotatable bonds is 5. The van der Waals surface area contributed by atoms with E-state index >= 15 is 0 Å². The van der Waals surface area contributed by atoms with E-state index in [1.165, 1.54) is 83.1 Å². The van der Waals surface area contributed by atoms with E-state index in [-0.39, 0.29) is 5.92 Å². The van der Waals surface area contributed by atoms with E-state index in [4.69, 9.17) is 9.97 Å². The lowest BCUT2D eigenvalue weighted by Crippen LogP contribution is -2.10. The largest absolute Gasteiger partial charge is 0.278 e. The lowest BCUT2D eigenvalue weighted by molar-refractivity contribution is 0.817. The van der Waals surface area contributed by atoms with E-state index < -0.39 is 0 Å². The number of para-hydroxylation sites is 1. The minimum atomic E-state index is 0.251. The molecular formula is C58H37N3. The maximum Gasteiger partial charge on any atom is 0.235 e. The van der Waals surface area contributed by atoms with Gasteiger partial charge in [0.2, 0.25) is 5.95 Å². The predicted molar refractivity (Wildman–Crippen MR) is 252 cm³/mol. The monoisotopic (exact) mass is 775 g/mol. The SMILES string of the molecule is c1ccc(-c2ccc(-c3nc(-n4c5ccc(-c6ccccc6)cc5c5c6c7c(cc54)-c4ccc(-c5ccccc5)cc4C7Cc4ccccc4-6)nc4ccccc34)cc2)cc1. The van der Waals surface area contributed by atoms with Gasteiger partial charge in [0.05, 0.1) is 22.2 Å². The molecule has 1 atom stereocenters. The molecule has 1 unspecified atom stereocenters. The number of hydrogen-bond donors (Lipinski definition) is 0. The zero-order valence-corrected chi connectivity index (χ0v) is 33.3. The lowest BCUT2D eigenvalue weighted by Gasteiger charge is -2.27. The van der Waals surface area contributed by atoms with Gasteiger partial charge in [-0.15, -0.1) is 0 Å². The van der Waals surface area contributed by atoms with Gasteiger partial charge < -0.3 is 0 Å². The fourth-order valence-corrected chi connectivity index (χ4v) is 10.4. The number of aromatic nitrogens is 3. The first-order valence-electron chi connectivity index (χ1n) is 21.2. The second-order valence-corrected chi connectivity index (χ2v) is 16.5. The van der Waals surface area contributed by atoms with E-state index in [0.29, 0.717) is 5.95 Å². The fraction of sp³-hybridized carbons (Fsp3) is 0.0345. The maximum absolute atomic E-state index is 5.56. The van der Waals surface area contributed by atoms with Crippen LogP contribution in [0, 0.1) is 0 Å². The molecular weight excluding hydrogens is 739 g/mol. The Bertz CT molecular complexity index is 3530. The van der Waals surface area contributed by atoms with Gasteiger partial charge in [-0.2, -0.15) is 0 Å². The van der Waals surface area contributed by atoms with Crippen LogP contribution < -0.4 is 0 Å². The molecule has 0 radical (unpaired) electrons. The van der Waals surface area contributed by atoms with Crippen LogP contribution in [-0.4, -0.2) is 14.5 Å². The maximum atomic E-state index is 5.56. The molecule has 0 bridgehead atoms. The highest BCUT2D eigenvalue weighted by Crippen LogP contribution is 2.58. The van der Waals surface area contributed by atoms with Gasteiger partial charge in [0.1, 0.15) is 0 Å². The smallest absolute Gasteiger partial charge is 0.235 e. The molecule has 0 fully saturated rings. The second kappa shape index (κ2) is 13.3. The molecule has 3 nitrogen and oxygen atoms in total. The molecule has 0 N–H and O–H groups in total. The summed E-state index contributed by atoms with van der Waals surface area (Å²) in [6.07, 6.45) is 0.973. The van der Waals surface area contributed by atoms with Gasteiger partial charge in [0, 0.05) is 27.6 Å². The summed E-state index contributed by atoms with van der Waals surface area (Å²) in [6, 6.07) is 74.9. The van der Waals surface area contributed by atoms with E-state index in [2.05, 4.69) is 211 Å².